The topological polar surface area (TPSA) is 63.5 Å². The molecule has 120 valence electrons. The Morgan fingerprint density at radius 1 is 1.52 bits per heavy atom. The lowest BCUT2D eigenvalue weighted by Gasteiger charge is -2.51. The highest BCUT2D eigenvalue weighted by molar-refractivity contribution is 14.0. The van der Waals surface area contributed by atoms with Gasteiger partial charge in [-0.3, -0.25) is 9.67 Å². The third-order valence-corrected chi connectivity index (χ3v) is 4.19. The molecule has 1 aromatic heterocycles. The lowest BCUT2D eigenvalue weighted by Crippen LogP contribution is -2.63. The number of methoxy groups -OCH3 is 1. The maximum Gasteiger partial charge on any atom is 0.191 e. The first kappa shape index (κ1) is 18.2. The molecular formula is C14H26IN5O. The molecule has 6 nitrogen and oxygen atoms in total. The Bertz CT molecular complexity index is 446. The first-order valence-corrected chi connectivity index (χ1v) is 7.05. The zero-order valence-electron chi connectivity index (χ0n) is 13.2. The lowest BCUT2D eigenvalue weighted by molar-refractivity contribution is -0.0922. The van der Waals surface area contributed by atoms with Crippen LogP contribution in [0.5, 0.6) is 0 Å². The summed E-state index contributed by atoms with van der Waals surface area (Å²) in [6.45, 7) is 6.06. The van der Waals surface area contributed by atoms with Gasteiger partial charge in [-0.2, -0.15) is 5.10 Å². The molecule has 2 rings (SSSR count). The van der Waals surface area contributed by atoms with Crippen molar-refractivity contribution in [3.05, 3.63) is 18.5 Å². The normalized spacial score (nSPS) is 23.9. The second-order valence-electron chi connectivity index (χ2n) is 5.75. The van der Waals surface area contributed by atoms with Crippen molar-refractivity contribution in [2.24, 2.45) is 10.4 Å². The van der Waals surface area contributed by atoms with Crippen molar-refractivity contribution < 1.29 is 4.74 Å². The molecule has 2 atom stereocenters. The number of aliphatic imine (C=N–C) groups is 1. The van der Waals surface area contributed by atoms with Crippen molar-refractivity contribution >= 4 is 29.9 Å². The van der Waals surface area contributed by atoms with Crippen LogP contribution in [-0.2, 0) is 11.3 Å². The number of guanidine groups is 1. The molecule has 0 spiro atoms. The fourth-order valence-electron chi connectivity index (χ4n) is 2.61. The van der Waals surface area contributed by atoms with Crippen LogP contribution in [0.25, 0.3) is 0 Å². The van der Waals surface area contributed by atoms with E-state index in [9.17, 15) is 0 Å². The summed E-state index contributed by atoms with van der Waals surface area (Å²) in [7, 11) is 3.57. The van der Waals surface area contributed by atoms with E-state index >= 15 is 0 Å². The van der Waals surface area contributed by atoms with E-state index in [4.69, 9.17) is 4.74 Å². The number of hydrogen-bond donors (Lipinski definition) is 2. The summed E-state index contributed by atoms with van der Waals surface area (Å²) in [4.78, 5) is 4.27. The van der Waals surface area contributed by atoms with Crippen molar-refractivity contribution in [1.82, 2.24) is 20.4 Å². The van der Waals surface area contributed by atoms with E-state index < -0.39 is 0 Å². The Morgan fingerprint density at radius 3 is 2.81 bits per heavy atom. The van der Waals surface area contributed by atoms with Gasteiger partial charge in [-0.15, -0.1) is 24.0 Å². The van der Waals surface area contributed by atoms with Crippen LogP contribution in [0, 0.1) is 5.41 Å². The van der Waals surface area contributed by atoms with Gasteiger partial charge in [-0.1, -0.05) is 13.8 Å². The van der Waals surface area contributed by atoms with E-state index in [-0.39, 0.29) is 29.4 Å². The SMILES string of the molecule is CN=C(NCCn1cccn1)NC1CC(OC)C1(C)C.I. The van der Waals surface area contributed by atoms with Crippen LogP contribution in [0.1, 0.15) is 20.3 Å². The standard InChI is InChI=1S/C14H25N5O.HI/c1-14(2)11(10-12(14)20-4)18-13(15-3)16-7-9-19-8-5-6-17-19;/h5-6,8,11-12H,7,9-10H2,1-4H3,(H2,15,16,18);1H. The second-order valence-corrected chi connectivity index (χ2v) is 5.75. The summed E-state index contributed by atoms with van der Waals surface area (Å²) >= 11 is 0. The zero-order chi connectivity index (χ0) is 14.6. The van der Waals surface area contributed by atoms with Gasteiger partial charge in [0.1, 0.15) is 0 Å². The van der Waals surface area contributed by atoms with Gasteiger partial charge in [-0.25, -0.2) is 0 Å². The Morgan fingerprint density at radius 2 is 2.29 bits per heavy atom. The van der Waals surface area contributed by atoms with Crippen LogP contribution in [0.2, 0.25) is 0 Å². The maximum atomic E-state index is 5.47. The zero-order valence-corrected chi connectivity index (χ0v) is 15.5. The Kier molecular flexibility index (Phi) is 6.92. The Hall–Kier alpha value is -0.830. The van der Waals surface area contributed by atoms with Gasteiger partial charge in [0.05, 0.1) is 12.6 Å². The summed E-state index contributed by atoms with van der Waals surface area (Å²) in [6, 6.07) is 2.32. The Labute approximate surface area is 143 Å². The highest BCUT2D eigenvalue weighted by Gasteiger charge is 2.48. The lowest BCUT2D eigenvalue weighted by atomic mass is 9.64. The minimum Gasteiger partial charge on any atom is -0.381 e. The molecule has 0 saturated heterocycles. The summed E-state index contributed by atoms with van der Waals surface area (Å²) in [5.41, 5.74) is 0.133. The van der Waals surface area contributed by atoms with Crippen molar-refractivity contribution in [3.8, 4) is 0 Å². The molecule has 0 aliphatic heterocycles. The van der Waals surface area contributed by atoms with E-state index in [1.165, 1.54) is 0 Å². The molecule has 1 aliphatic carbocycles. The number of nitrogens with zero attached hydrogens (tertiary/aromatic N) is 3. The third-order valence-electron chi connectivity index (χ3n) is 4.19. The number of aromatic nitrogens is 2. The van der Waals surface area contributed by atoms with Gasteiger partial charge >= 0.3 is 0 Å². The molecule has 0 bridgehead atoms. The Balaban J connectivity index is 0.00000220. The van der Waals surface area contributed by atoms with Crippen LogP contribution in [0.3, 0.4) is 0 Å². The number of rotatable bonds is 5. The van der Waals surface area contributed by atoms with Crippen molar-refractivity contribution in [3.63, 3.8) is 0 Å². The van der Waals surface area contributed by atoms with Gasteiger partial charge in [0.25, 0.3) is 0 Å². The van der Waals surface area contributed by atoms with Crippen molar-refractivity contribution in [2.45, 2.75) is 39.0 Å². The predicted molar refractivity (Wildman–Crippen MR) is 95.1 cm³/mol. The average Bonchev–Trinajstić information content (AvgIpc) is 2.94. The van der Waals surface area contributed by atoms with E-state index in [0.717, 1.165) is 25.5 Å². The monoisotopic (exact) mass is 407 g/mol. The molecule has 0 amide bonds. The van der Waals surface area contributed by atoms with Crippen LogP contribution in [0.4, 0.5) is 0 Å². The smallest absolute Gasteiger partial charge is 0.191 e. The molecule has 1 fully saturated rings. The molecule has 0 radical (unpaired) electrons. The van der Waals surface area contributed by atoms with Gasteiger partial charge in [0, 0.05) is 44.6 Å². The first-order chi connectivity index (χ1) is 9.57. The van der Waals surface area contributed by atoms with E-state index in [1.54, 1.807) is 20.4 Å². The summed E-state index contributed by atoms with van der Waals surface area (Å²) < 4.78 is 7.36. The van der Waals surface area contributed by atoms with Crippen LogP contribution < -0.4 is 10.6 Å². The molecule has 2 N–H and O–H groups in total. The van der Waals surface area contributed by atoms with Gasteiger partial charge in [0.2, 0.25) is 0 Å². The van der Waals surface area contributed by atoms with Crippen LogP contribution >= 0.6 is 24.0 Å². The summed E-state index contributed by atoms with van der Waals surface area (Å²) in [5, 5.41) is 11.0. The molecule has 1 heterocycles. The van der Waals surface area contributed by atoms with Crippen LogP contribution in [0.15, 0.2) is 23.5 Å². The van der Waals surface area contributed by atoms with Crippen molar-refractivity contribution in [1.29, 1.82) is 0 Å². The summed E-state index contributed by atoms with van der Waals surface area (Å²) in [5.74, 6) is 0.838. The molecule has 21 heavy (non-hydrogen) atoms. The molecular weight excluding hydrogens is 381 g/mol. The maximum absolute atomic E-state index is 5.47. The van der Waals surface area contributed by atoms with Gasteiger partial charge < -0.3 is 15.4 Å². The van der Waals surface area contributed by atoms with Gasteiger partial charge in [-0.05, 0) is 12.5 Å². The number of halogens is 1. The molecule has 1 saturated carbocycles. The second kappa shape index (κ2) is 7.98. The largest absolute Gasteiger partial charge is 0.381 e. The quantitative estimate of drug-likeness (QED) is 0.441. The fraction of sp³-hybridized carbons (Fsp3) is 0.714. The van der Waals surface area contributed by atoms with Crippen molar-refractivity contribution in [2.75, 3.05) is 20.7 Å². The molecule has 1 aromatic rings. The minimum absolute atomic E-state index is 0. The van der Waals surface area contributed by atoms with E-state index in [2.05, 4.69) is 34.6 Å². The third kappa shape index (κ3) is 4.32. The number of ether oxygens (including phenoxy) is 1. The number of hydrogen-bond acceptors (Lipinski definition) is 3. The summed E-state index contributed by atoms with van der Waals surface area (Å²) in [6.07, 6.45) is 5.08. The minimum atomic E-state index is 0. The molecule has 0 aromatic carbocycles. The molecule has 1 aliphatic rings. The molecule has 7 heteroatoms. The van der Waals surface area contributed by atoms with E-state index in [0.29, 0.717) is 12.1 Å². The highest BCUT2D eigenvalue weighted by atomic mass is 127. The predicted octanol–water partition coefficient (Wildman–Crippen LogP) is 1.48. The number of nitrogens with one attached hydrogen (secondary N) is 2. The highest BCUT2D eigenvalue weighted by Crippen LogP contribution is 2.42. The van der Waals surface area contributed by atoms with E-state index in [1.807, 2.05) is 16.9 Å². The first-order valence-electron chi connectivity index (χ1n) is 7.05. The fourth-order valence-corrected chi connectivity index (χ4v) is 2.61. The molecule has 2 unspecified atom stereocenters. The van der Waals surface area contributed by atoms with Crippen LogP contribution in [-0.4, -0.2) is 48.6 Å². The van der Waals surface area contributed by atoms with Gasteiger partial charge in [0.15, 0.2) is 5.96 Å². The average molecular weight is 407 g/mol.